The zero-order chi connectivity index (χ0) is 24.0. The van der Waals surface area contributed by atoms with E-state index in [1.54, 1.807) is 7.05 Å². The Hall–Kier alpha value is -3.61. The summed E-state index contributed by atoms with van der Waals surface area (Å²) in [6, 6.07) is 16.5. The highest BCUT2D eigenvalue weighted by Gasteiger charge is 2.29. The predicted octanol–water partition coefficient (Wildman–Crippen LogP) is 3.26. The monoisotopic (exact) mass is 457 g/mol. The number of hydrogen-bond acceptors (Lipinski definition) is 4. The molecule has 3 heterocycles. The largest absolute Gasteiger partial charge is 0.342 e. The first kappa shape index (κ1) is 22.2. The maximum Gasteiger partial charge on any atom is 0.332 e. The van der Waals surface area contributed by atoms with Crippen molar-refractivity contribution in [3.8, 4) is 0 Å². The summed E-state index contributed by atoms with van der Waals surface area (Å²) >= 11 is 0. The van der Waals surface area contributed by atoms with Crippen LogP contribution in [0.15, 0.2) is 58.1 Å². The summed E-state index contributed by atoms with van der Waals surface area (Å²) in [5, 5.41) is 0. The Kier molecular flexibility index (Phi) is 5.63. The van der Waals surface area contributed by atoms with E-state index >= 15 is 0 Å². The van der Waals surface area contributed by atoms with Gasteiger partial charge in [-0.25, -0.2) is 4.79 Å². The van der Waals surface area contributed by atoms with Crippen molar-refractivity contribution < 1.29 is 0 Å². The average Bonchev–Trinajstić information content (AvgIpc) is 3.21. The zero-order valence-corrected chi connectivity index (χ0v) is 20.3. The molecule has 2 aromatic heterocycles. The number of benzene rings is 2. The molecular formula is C27H31N5O2. The third-order valence-corrected chi connectivity index (χ3v) is 6.87. The van der Waals surface area contributed by atoms with Crippen LogP contribution in [0.2, 0.25) is 0 Å². The lowest BCUT2D eigenvalue weighted by molar-refractivity contribution is 0.437. The lowest BCUT2D eigenvalue weighted by Crippen LogP contribution is -2.41. The van der Waals surface area contributed by atoms with E-state index < -0.39 is 0 Å². The SMILES string of the molecule is Cc1ccc(C)c(Cn2c(=O)c3c(nc4n3C[C@H](C)CN4CCc3ccccc3)n(C)c2=O)c1. The molecule has 0 radical (unpaired) electrons. The van der Waals surface area contributed by atoms with Gasteiger partial charge in [0.15, 0.2) is 11.2 Å². The first-order chi connectivity index (χ1) is 16.3. The van der Waals surface area contributed by atoms with Crippen LogP contribution in [0.5, 0.6) is 0 Å². The molecule has 5 rings (SSSR count). The molecule has 0 fully saturated rings. The molecule has 0 saturated carbocycles. The Morgan fingerprint density at radius 3 is 2.56 bits per heavy atom. The number of hydrogen-bond donors (Lipinski definition) is 0. The molecule has 0 N–H and O–H groups in total. The number of imidazole rings is 1. The number of anilines is 1. The number of aryl methyl sites for hydroxylation is 3. The van der Waals surface area contributed by atoms with Crippen LogP contribution >= 0.6 is 0 Å². The smallest absolute Gasteiger partial charge is 0.332 e. The molecule has 7 nitrogen and oxygen atoms in total. The third kappa shape index (κ3) is 3.85. The van der Waals surface area contributed by atoms with Crippen LogP contribution in [0.25, 0.3) is 11.2 Å². The Balaban J connectivity index is 1.60. The average molecular weight is 458 g/mol. The van der Waals surface area contributed by atoms with E-state index in [1.807, 2.05) is 42.7 Å². The van der Waals surface area contributed by atoms with Gasteiger partial charge in [-0.2, -0.15) is 4.98 Å². The fourth-order valence-electron chi connectivity index (χ4n) is 4.98. The number of fused-ring (bicyclic) bond motifs is 3. The standard InChI is InChI=1S/C27H31N5O2/c1-18-10-11-20(3)22(14-18)17-32-25(33)23-24(29(4)27(32)34)28-26-30(15-19(2)16-31(23)26)13-12-21-8-6-5-7-9-21/h5-11,14,19H,12-13,15-17H2,1-4H3/t19-/m1/s1. The minimum atomic E-state index is -0.335. The molecule has 0 unspecified atom stereocenters. The van der Waals surface area contributed by atoms with Gasteiger partial charge in [0.2, 0.25) is 5.95 Å². The second-order valence-corrected chi connectivity index (χ2v) is 9.64. The molecule has 7 heteroatoms. The van der Waals surface area contributed by atoms with E-state index in [0.717, 1.165) is 42.1 Å². The Morgan fingerprint density at radius 2 is 1.79 bits per heavy atom. The first-order valence-electron chi connectivity index (χ1n) is 11.9. The van der Waals surface area contributed by atoms with Crippen molar-refractivity contribution in [2.45, 2.75) is 40.3 Å². The summed E-state index contributed by atoms with van der Waals surface area (Å²) < 4.78 is 4.90. The van der Waals surface area contributed by atoms with Crippen LogP contribution in [0.4, 0.5) is 5.95 Å². The molecule has 0 saturated heterocycles. The molecule has 0 aliphatic carbocycles. The van der Waals surface area contributed by atoms with Crippen molar-refractivity contribution in [1.82, 2.24) is 18.7 Å². The van der Waals surface area contributed by atoms with Crippen LogP contribution in [0.3, 0.4) is 0 Å². The molecule has 34 heavy (non-hydrogen) atoms. The summed E-state index contributed by atoms with van der Waals surface area (Å²) in [4.78, 5) is 34.0. The molecule has 1 atom stereocenters. The van der Waals surface area contributed by atoms with Gasteiger partial charge in [0.25, 0.3) is 5.56 Å². The molecule has 0 amide bonds. The lowest BCUT2D eigenvalue weighted by Gasteiger charge is -2.33. The van der Waals surface area contributed by atoms with Gasteiger partial charge in [-0.15, -0.1) is 0 Å². The van der Waals surface area contributed by atoms with Crippen molar-refractivity contribution in [2.75, 3.05) is 18.0 Å². The molecule has 1 aliphatic rings. The minimum Gasteiger partial charge on any atom is -0.342 e. The van der Waals surface area contributed by atoms with Gasteiger partial charge >= 0.3 is 5.69 Å². The highest BCUT2D eigenvalue weighted by atomic mass is 16.2. The van der Waals surface area contributed by atoms with E-state index in [9.17, 15) is 9.59 Å². The second-order valence-electron chi connectivity index (χ2n) is 9.64. The number of rotatable bonds is 5. The summed E-state index contributed by atoms with van der Waals surface area (Å²) in [5.41, 5.74) is 4.79. The molecule has 4 aromatic rings. The highest BCUT2D eigenvalue weighted by Crippen LogP contribution is 2.27. The van der Waals surface area contributed by atoms with Gasteiger partial charge in [0.1, 0.15) is 0 Å². The maximum atomic E-state index is 13.7. The topological polar surface area (TPSA) is 65.1 Å². The Labute approximate surface area is 198 Å². The fraction of sp³-hybridized carbons (Fsp3) is 0.370. The van der Waals surface area contributed by atoms with Crippen molar-refractivity contribution in [2.24, 2.45) is 13.0 Å². The van der Waals surface area contributed by atoms with Crippen LogP contribution in [-0.4, -0.2) is 31.8 Å². The highest BCUT2D eigenvalue weighted by molar-refractivity contribution is 5.75. The number of aromatic nitrogens is 4. The van der Waals surface area contributed by atoms with Gasteiger partial charge < -0.3 is 9.47 Å². The first-order valence-corrected chi connectivity index (χ1v) is 11.9. The fourth-order valence-corrected chi connectivity index (χ4v) is 4.98. The quantitative estimate of drug-likeness (QED) is 0.462. The predicted molar refractivity (Wildman–Crippen MR) is 136 cm³/mol. The van der Waals surface area contributed by atoms with E-state index in [4.69, 9.17) is 4.98 Å². The van der Waals surface area contributed by atoms with Gasteiger partial charge in [0.05, 0.1) is 6.54 Å². The van der Waals surface area contributed by atoms with E-state index in [1.165, 1.54) is 14.7 Å². The lowest BCUT2D eigenvalue weighted by atomic mass is 10.1. The minimum absolute atomic E-state index is 0.253. The van der Waals surface area contributed by atoms with Gasteiger partial charge in [-0.05, 0) is 42.9 Å². The van der Waals surface area contributed by atoms with Crippen LogP contribution in [0, 0.1) is 19.8 Å². The number of nitrogens with zero attached hydrogens (tertiary/aromatic N) is 5. The van der Waals surface area contributed by atoms with E-state index in [0.29, 0.717) is 23.6 Å². The third-order valence-electron chi connectivity index (χ3n) is 6.87. The van der Waals surface area contributed by atoms with Gasteiger partial charge in [-0.3, -0.25) is 13.9 Å². The van der Waals surface area contributed by atoms with Crippen molar-refractivity contribution in [1.29, 1.82) is 0 Å². The van der Waals surface area contributed by atoms with Gasteiger partial charge in [-0.1, -0.05) is 61.0 Å². The Morgan fingerprint density at radius 1 is 1.03 bits per heavy atom. The van der Waals surface area contributed by atoms with Crippen LogP contribution < -0.4 is 16.1 Å². The molecule has 0 bridgehead atoms. The Bertz CT molecular complexity index is 1480. The molecule has 176 valence electrons. The maximum absolute atomic E-state index is 13.7. The zero-order valence-electron chi connectivity index (χ0n) is 20.3. The van der Waals surface area contributed by atoms with Crippen LogP contribution in [0.1, 0.15) is 29.2 Å². The van der Waals surface area contributed by atoms with Crippen molar-refractivity contribution in [3.63, 3.8) is 0 Å². The summed E-state index contributed by atoms with van der Waals surface area (Å²) in [6.07, 6.45) is 0.895. The summed E-state index contributed by atoms with van der Waals surface area (Å²) in [5.74, 6) is 1.14. The summed E-state index contributed by atoms with van der Waals surface area (Å²) in [6.45, 7) is 8.87. The van der Waals surface area contributed by atoms with E-state index in [2.05, 4.69) is 36.1 Å². The van der Waals surface area contributed by atoms with Crippen LogP contribution in [-0.2, 0) is 26.6 Å². The molecule has 0 spiro atoms. The van der Waals surface area contributed by atoms with Crippen molar-refractivity contribution in [3.05, 3.63) is 91.6 Å². The van der Waals surface area contributed by atoms with E-state index in [-0.39, 0.29) is 17.8 Å². The van der Waals surface area contributed by atoms with Gasteiger partial charge in [0, 0.05) is 26.7 Å². The molecule has 1 aliphatic heterocycles. The molecule has 2 aromatic carbocycles. The second kappa shape index (κ2) is 8.63. The normalized spacial score (nSPS) is 15.6. The summed E-state index contributed by atoms with van der Waals surface area (Å²) in [7, 11) is 1.71. The molecular weight excluding hydrogens is 426 g/mol. The van der Waals surface area contributed by atoms with Crippen molar-refractivity contribution >= 4 is 17.1 Å².